The number of hydrogen-bond donors (Lipinski definition) is 2. The summed E-state index contributed by atoms with van der Waals surface area (Å²) in [5, 5.41) is 8.80. The average molecular weight is 528 g/mol. The highest BCUT2D eigenvalue weighted by Gasteiger charge is 2.09. The molecule has 3 aromatic carbocycles. The van der Waals surface area contributed by atoms with Crippen LogP contribution in [0.15, 0.2) is 70.0 Å². The Balaban J connectivity index is 1.57. The number of halogens is 3. The molecule has 0 atom stereocenters. The maximum Gasteiger partial charge on any atom is 0.238 e. The number of rotatable bonds is 9. The lowest BCUT2D eigenvalue weighted by atomic mass is 10.1. The molecule has 0 aliphatic heterocycles. The highest BCUT2D eigenvalue weighted by atomic mass is 79.9. The Morgan fingerprint density at radius 3 is 2.45 bits per heavy atom. The maximum atomic E-state index is 13.2. The lowest BCUT2D eigenvalue weighted by Crippen LogP contribution is -2.17. The van der Waals surface area contributed by atoms with E-state index in [-0.39, 0.29) is 17.3 Å². The summed E-state index contributed by atoms with van der Waals surface area (Å²) in [6.07, 6.45) is 0.723. The third-order valence-electron chi connectivity index (χ3n) is 4.58. The molecule has 0 saturated heterocycles. The summed E-state index contributed by atoms with van der Waals surface area (Å²) < 4.78 is 42.7. The Morgan fingerprint density at radius 2 is 1.77 bits per heavy atom. The highest BCUT2D eigenvalue weighted by Crippen LogP contribution is 2.26. The topological polar surface area (TPSA) is 81.4 Å². The molecule has 9 heteroatoms. The molecule has 164 valence electrons. The van der Waals surface area contributed by atoms with Crippen molar-refractivity contribution in [3.63, 3.8) is 0 Å². The monoisotopic (exact) mass is 526 g/mol. The fourth-order valence-electron chi connectivity index (χ4n) is 2.92. The summed E-state index contributed by atoms with van der Waals surface area (Å²) in [5.74, 6) is 0.315. The van der Waals surface area contributed by atoms with Crippen LogP contribution in [0.25, 0.3) is 0 Å². The number of nitrogens with two attached hydrogens (primary N) is 1. The van der Waals surface area contributed by atoms with Crippen LogP contribution in [0.2, 0.25) is 5.02 Å². The maximum absolute atomic E-state index is 13.2. The standard InChI is InChI=1S/C22H21BrClFN2O3S/c23-18-4-8-22(30-14-16-3-5-19(25)12-21(16)24)17(11-18)13-27-10-9-15-1-6-20(7-2-15)31(26,28)29/h1-8,11-12,27H,9-10,13-14H2,(H2,26,28,29). The molecular weight excluding hydrogens is 507 g/mol. The predicted octanol–water partition coefficient (Wildman–Crippen LogP) is 4.80. The van der Waals surface area contributed by atoms with Gasteiger partial charge in [-0.15, -0.1) is 0 Å². The summed E-state index contributed by atoms with van der Waals surface area (Å²) in [5.41, 5.74) is 2.65. The second-order valence-corrected chi connectivity index (χ2v) is 9.78. The Bertz CT molecular complexity index is 1160. The van der Waals surface area contributed by atoms with Gasteiger partial charge in [0.1, 0.15) is 18.2 Å². The van der Waals surface area contributed by atoms with Crippen molar-refractivity contribution >= 4 is 37.6 Å². The van der Waals surface area contributed by atoms with Gasteiger partial charge in [-0.1, -0.05) is 45.7 Å². The SMILES string of the molecule is NS(=O)(=O)c1ccc(CCNCc2cc(Br)ccc2OCc2ccc(F)cc2Cl)cc1. The first-order valence-electron chi connectivity index (χ1n) is 9.40. The third kappa shape index (κ3) is 7.02. The second kappa shape index (κ2) is 10.6. The minimum Gasteiger partial charge on any atom is -0.489 e. The zero-order valence-electron chi connectivity index (χ0n) is 16.4. The van der Waals surface area contributed by atoms with Crippen molar-refractivity contribution in [2.75, 3.05) is 6.54 Å². The first-order chi connectivity index (χ1) is 14.7. The number of hydrogen-bond acceptors (Lipinski definition) is 4. The van der Waals surface area contributed by atoms with Crippen LogP contribution in [0, 0.1) is 5.82 Å². The van der Waals surface area contributed by atoms with Crippen LogP contribution in [0.4, 0.5) is 4.39 Å². The number of benzene rings is 3. The van der Waals surface area contributed by atoms with Crippen molar-refractivity contribution in [1.82, 2.24) is 5.32 Å². The zero-order valence-corrected chi connectivity index (χ0v) is 19.6. The van der Waals surface area contributed by atoms with Gasteiger partial charge in [-0.05, 0) is 61.0 Å². The number of sulfonamides is 1. The summed E-state index contributed by atoms with van der Waals surface area (Å²) in [6, 6.07) is 16.5. The zero-order chi connectivity index (χ0) is 22.4. The van der Waals surface area contributed by atoms with Crippen LogP contribution in [-0.2, 0) is 29.6 Å². The molecule has 0 saturated carbocycles. The molecule has 0 aliphatic rings. The normalized spacial score (nSPS) is 11.5. The van der Waals surface area contributed by atoms with Crippen LogP contribution in [0.3, 0.4) is 0 Å². The van der Waals surface area contributed by atoms with Gasteiger partial charge in [-0.2, -0.15) is 0 Å². The van der Waals surface area contributed by atoms with Crippen molar-refractivity contribution < 1.29 is 17.5 Å². The first-order valence-corrected chi connectivity index (χ1v) is 12.1. The van der Waals surface area contributed by atoms with Crippen molar-refractivity contribution in [2.24, 2.45) is 5.14 Å². The number of ether oxygens (including phenoxy) is 1. The van der Waals surface area contributed by atoms with E-state index in [1.807, 2.05) is 18.2 Å². The molecule has 0 radical (unpaired) electrons. The molecule has 0 aromatic heterocycles. The van der Waals surface area contributed by atoms with Gasteiger partial charge in [0.25, 0.3) is 0 Å². The van der Waals surface area contributed by atoms with Crippen molar-refractivity contribution in [2.45, 2.75) is 24.5 Å². The molecule has 0 heterocycles. The molecule has 0 aliphatic carbocycles. The summed E-state index contributed by atoms with van der Waals surface area (Å²) in [7, 11) is -3.68. The molecule has 0 bridgehead atoms. The van der Waals surface area contributed by atoms with Crippen molar-refractivity contribution in [1.29, 1.82) is 0 Å². The van der Waals surface area contributed by atoms with Crippen molar-refractivity contribution in [3.8, 4) is 5.75 Å². The Labute approximate surface area is 194 Å². The van der Waals surface area contributed by atoms with Crippen LogP contribution in [0.5, 0.6) is 5.75 Å². The van der Waals surface area contributed by atoms with E-state index in [1.165, 1.54) is 24.3 Å². The third-order valence-corrected chi connectivity index (χ3v) is 6.35. The molecule has 3 N–H and O–H groups in total. The molecule has 5 nitrogen and oxygen atoms in total. The Kier molecular flexibility index (Phi) is 8.07. The lowest BCUT2D eigenvalue weighted by Gasteiger charge is -2.14. The minimum atomic E-state index is -3.68. The number of nitrogens with one attached hydrogen (secondary N) is 1. The largest absolute Gasteiger partial charge is 0.489 e. The van der Waals surface area contributed by atoms with Crippen LogP contribution >= 0.6 is 27.5 Å². The van der Waals surface area contributed by atoms with Gasteiger partial charge in [0, 0.05) is 22.1 Å². The molecule has 0 fully saturated rings. The first kappa shape index (κ1) is 23.7. The van der Waals surface area contributed by atoms with Crippen molar-refractivity contribution in [3.05, 3.63) is 92.7 Å². The molecule has 0 spiro atoms. The molecule has 3 rings (SSSR count). The highest BCUT2D eigenvalue weighted by molar-refractivity contribution is 9.10. The van der Waals surface area contributed by atoms with Gasteiger partial charge in [-0.25, -0.2) is 17.9 Å². The molecular formula is C22H21BrClFN2O3S. The molecule has 0 unspecified atom stereocenters. The lowest BCUT2D eigenvalue weighted by molar-refractivity contribution is 0.302. The fraction of sp³-hybridized carbons (Fsp3) is 0.182. The molecule has 3 aromatic rings. The van der Waals surface area contributed by atoms with Crippen LogP contribution < -0.4 is 15.2 Å². The van der Waals surface area contributed by atoms with Gasteiger partial charge < -0.3 is 10.1 Å². The second-order valence-electron chi connectivity index (χ2n) is 6.89. The Hall–Kier alpha value is -1.97. The van der Waals surface area contributed by atoms with Gasteiger partial charge in [0.2, 0.25) is 10.0 Å². The summed E-state index contributed by atoms with van der Waals surface area (Å²) in [6.45, 7) is 1.48. The van der Waals surface area contributed by atoms with E-state index in [4.69, 9.17) is 21.5 Å². The molecule has 31 heavy (non-hydrogen) atoms. The van der Waals surface area contributed by atoms with Gasteiger partial charge in [-0.3, -0.25) is 0 Å². The van der Waals surface area contributed by atoms with Crippen LogP contribution in [0.1, 0.15) is 16.7 Å². The van der Waals surface area contributed by atoms with E-state index in [1.54, 1.807) is 18.2 Å². The van der Waals surface area contributed by atoms with Gasteiger partial charge >= 0.3 is 0 Å². The number of primary sulfonamides is 1. The smallest absolute Gasteiger partial charge is 0.238 e. The predicted molar refractivity (Wildman–Crippen MR) is 123 cm³/mol. The van der Waals surface area contributed by atoms with E-state index in [2.05, 4.69) is 21.2 Å². The van der Waals surface area contributed by atoms with Gasteiger partial charge in [0.05, 0.1) is 9.92 Å². The fourth-order valence-corrected chi connectivity index (χ4v) is 4.07. The van der Waals surface area contributed by atoms with E-state index in [9.17, 15) is 12.8 Å². The summed E-state index contributed by atoms with van der Waals surface area (Å²) in [4.78, 5) is 0.0985. The van der Waals surface area contributed by atoms with Crippen LogP contribution in [-0.4, -0.2) is 15.0 Å². The summed E-state index contributed by atoms with van der Waals surface area (Å²) >= 11 is 9.55. The molecule has 0 amide bonds. The van der Waals surface area contributed by atoms with Gasteiger partial charge in [0.15, 0.2) is 0 Å². The van der Waals surface area contributed by atoms with E-state index in [0.717, 1.165) is 22.0 Å². The van der Waals surface area contributed by atoms with E-state index in [0.29, 0.717) is 29.4 Å². The minimum absolute atomic E-state index is 0.0985. The average Bonchev–Trinajstić information content (AvgIpc) is 2.71. The Morgan fingerprint density at radius 1 is 1.03 bits per heavy atom. The van der Waals surface area contributed by atoms with E-state index >= 15 is 0 Å². The van der Waals surface area contributed by atoms with E-state index < -0.39 is 10.0 Å². The quantitative estimate of drug-likeness (QED) is 0.392.